The third kappa shape index (κ3) is 5.47. The lowest BCUT2D eigenvalue weighted by atomic mass is 10.1. The van der Waals surface area contributed by atoms with Gasteiger partial charge >= 0.3 is 5.97 Å². The van der Waals surface area contributed by atoms with Crippen molar-refractivity contribution in [2.45, 2.75) is 26.7 Å². The second kappa shape index (κ2) is 7.45. The molecular formula is C18H19NO4. The fraction of sp³-hybridized carbons (Fsp3) is 0.222. The van der Waals surface area contributed by atoms with E-state index in [1.165, 1.54) is 0 Å². The van der Waals surface area contributed by atoms with Crippen LogP contribution < -0.4 is 10.1 Å². The maximum atomic E-state index is 11.6. The summed E-state index contributed by atoms with van der Waals surface area (Å²) in [4.78, 5) is 22.0. The molecule has 0 aliphatic heterocycles. The van der Waals surface area contributed by atoms with Gasteiger partial charge in [0.15, 0.2) is 0 Å². The van der Waals surface area contributed by atoms with Crippen LogP contribution in [0.25, 0.3) is 0 Å². The van der Waals surface area contributed by atoms with Gasteiger partial charge in [-0.1, -0.05) is 6.07 Å². The number of nitrogens with one attached hydrogen (secondary N) is 1. The van der Waals surface area contributed by atoms with Crippen LogP contribution in [0.5, 0.6) is 11.5 Å². The van der Waals surface area contributed by atoms with Crippen LogP contribution in [-0.2, 0) is 9.59 Å². The average molecular weight is 313 g/mol. The van der Waals surface area contributed by atoms with Gasteiger partial charge in [0.2, 0.25) is 5.91 Å². The minimum atomic E-state index is -0.989. The molecule has 0 aliphatic rings. The Balaban J connectivity index is 1.96. The van der Waals surface area contributed by atoms with E-state index in [0.717, 1.165) is 16.9 Å². The predicted molar refractivity (Wildman–Crippen MR) is 87.9 cm³/mol. The maximum Gasteiger partial charge on any atom is 0.303 e. The highest BCUT2D eigenvalue weighted by molar-refractivity contribution is 5.92. The van der Waals surface area contributed by atoms with E-state index in [-0.39, 0.29) is 18.7 Å². The number of hydrogen-bond donors (Lipinski definition) is 2. The van der Waals surface area contributed by atoms with Gasteiger partial charge in [0.25, 0.3) is 0 Å². The van der Waals surface area contributed by atoms with Gasteiger partial charge in [-0.2, -0.15) is 0 Å². The second-order valence-electron chi connectivity index (χ2n) is 5.39. The molecular weight excluding hydrogens is 294 g/mol. The quantitative estimate of drug-likeness (QED) is 0.848. The number of aryl methyl sites for hydroxylation is 2. The van der Waals surface area contributed by atoms with Crippen LogP contribution in [0.4, 0.5) is 5.69 Å². The molecule has 0 bridgehead atoms. The van der Waals surface area contributed by atoms with Crippen LogP contribution in [0.1, 0.15) is 24.0 Å². The van der Waals surface area contributed by atoms with E-state index < -0.39 is 5.97 Å². The summed E-state index contributed by atoms with van der Waals surface area (Å²) in [5.74, 6) is 0.118. The number of benzene rings is 2. The second-order valence-corrected chi connectivity index (χ2v) is 5.39. The van der Waals surface area contributed by atoms with Crippen molar-refractivity contribution >= 4 is 17.6 Å². The summed E-state index contributed by atoms with van der Waals surface area (Å²) in [5.41, 5.74) is 2.86. The molecule has 2 aromatic rings. The van der Waals surface area contributed by atoms with E-state index in [9.17, 15) is 9.59 Å². The van der Waals surface area contributed by atoms with E-state index in [1.807, 2.05) is 26.0 Å². The topological polar surface area (TPSA) is 75.6 Å². The molecule has 0 unspecified atom stereocenters. The number of carbonyl (C=O) groups excluding carboxylic acids is 1. The van der Waals surface area contributed by atoms with Crippen molar-refractivity contribution in [2.24, 2.45) is 0 Å². The zero-order valence-corrected chi connectivity index (χ0v) is 13.1. The number of ether oxygens (including phenoxy) is 1. The Morgan fingerprint density at radius 1 is 0.957 bits per heavy atom. The molecule has 0 saturated carbocycles. The number of carbonyl (C=O) groups is 2. The lowest BCUT2D eigenvalue weighted by molar-refractivity contribution is -0.138. The first kappa shape index (κ1) is 16.5. The number of rotatable bonds is 6. The molecule has 0 saturated heterocycles. The summed E-state index contributed by atoms with van der Waals surface area (Å²) in [6.45, 7) is 4.02. The zero-order valence-electron chi connectivity index (χ0n) is 13.1. The van der Waals surface area contributed by atoms with Crippen molar-refractivity contribution in [3.05, 3.63) is 53.6 Å². The number of carboxylic acid groups (broad SMARTS) is 1. The van der Waals surface area contributed by atoms with Crippen LogP contribution in [-0.4, -0.2) is 17.0 Å². The van der Waals surface area contributed by atoms with Crippen molar-refractivity contribution in [3.63, 3.8) is 0 Å². The van der Waals surface area contributed by atoms with Crippen LogP contribution in [0, 0.1) is 13.8 Å². The Morgan fingerprint density at radius 2 is 1.57 bits per heavy atom. The van der Waals surface area contributed by atoms with Gasteiger partial charge in [-0.15, -0.1) is 0 Å². The Kier molecular flexibility index (Phi) is 5.36. The summed E-state index contributed by atoms with van der Waals surface area (Å²) in [7, 11) is 0. The molecule has 0 aromatic heterocycles. The van der Waals surface area contributed by atoms with Crippen LogP contribution >= 0.6 is 0 Å². The normalized spacial score (nSPS) is 10.2. The van der Waals surface area contributed by atoms with Gasteiger partial charge in [-0.05, 0) is 61.4 Å². The highest BCUT2D eigenvalue weighted by atomic mass is 16.5. The molecule has 2 N–H and O–H groups in total. The third-order valence-electron chi connectivity index (χ3n) is 3.13. The molecule has 1 amide bonds. The molecule has 2 aromatic carbocycles. The largest absolute Gasteiger partial charge is 0.481 e. The highest BCUT2D eigenvalue weighted by Gasteiger charge is 2.06. The van der Waals surface area contributed by atoms with Gasteiger partial charge in [0.1, 0.15) is 11.5 Å². The number of hydrogen-bond acceptors (Lipinski definition) is 3. The fourth-order valence-electron chi connectivity index (χ4n) is 2.18. The molecule has 120 valence electrons. The van der Waals surface area contributed by atoms with Gasteiger partial charge < -0.3 is 15.2 Å². The van der Waals surface area contributed by atoms with Gasteiger partial charge in [-0.3, -0.25) is 9.59 Å². The van der Waals surface area contributed by atoms with Crippen molar-refractivity contribution in [3.8, 4) is 11.5 Å². The lowest BCUT2D eigenvalue weighted by Crippen LogP contribution is -2.12. The molecule has 2 rings (SSSR count). The summed E-state index contributed by atoms with van der Waals surface area (Å²) in [6.07, 6.45) is -0.226. The summed E-state index contributed by atoms with van der Waals surface area (Å²) < 4.78 is 5.79. The van der Waals surface area contributed by atoms with Crippen molar-refractivity contribution in [1.82, 2.24) is 0 Å². The number of aliphatic carboxylic acids is 1. The Bertz CT molecular complexity index is 687. The number of amides is 1. The molecule has 5 heteroatoms. The Labute approximate surface area is 134 Å². The number of anilines is 1. The fourth-order valence-corrected chi connectivity index (χ4v) is 2.18. The van der Waals surface area contributed by atoms with Crippen molar-refractivity contribution < 1.29 is 19.4 Å². The van der Waals surface area contributed by atoms with E-state index in [0.29, 0.717) is 11.4 Å². The molecule has 0 fully saturated rings. The van der Waals surface area contributed by atoms with Crippen LogP contribution in [0.2, 0.25) is 0 Å². The minimum Gasteiger partial charge on any atom is -0.481 e. The standard InChI is InChI=1S/C18H19NO4/c1-12-9-13(2)11-16(10-12)23-15-5-3-14(4-6-15)19-17(20)7-8-18(21)22/h3-6,9-11H,7-8H2,1-2H3,(H,19,20)(H,21,22). The molecule has 0 spiro atoms. The molecule has 5 nitrogen and oxygen atoms in total. The lowest BCUT2D eigenvalue weighted by Gasteiger charge is -2.09. The maximum absolute atomic E-state index is 11.6. The SMILES string of the molecule is Cc1cc(C)cc(Oc2ccc(NC(=O)CCC(=O)O)cc2)c1. The summed E-state index contributed by atoms with van der Waals surface area (Å²) in [6, 6.07) is 12.9. The molecule has 23 heavy (non-hydrogen) atoms. The minimum absolute atomic E-state index is 0.0455. The molecule has 0 radical (unpaired) electrons. The van der Waals surface area contributed by atoms with E-state index in [2.05, 4.69) is 11.4 Å². The third-order valence-corrected chi connectivity index (χ3v) is 3.13. The smallest absolute Gasteiger partial charge is 0.303 e. The first-order valence-electron chi connectivity index (χ1n) is 7.30. The predicted octanol–water partition coefficient (Wildman–Crippen LogP) is 3.90. The number of carboxylic acids is 1. The van der Waals surface area contributed by atoms with Crippen LogP contribution in [0.3, 0.4) is 0 Å². The summed E-state index contributed by atoms with van der Waals surface area (Å²) in [5, 5.41) is 11.2. The molecule has 0 heterocycles. The monoisotopic (exact) mass is 313 g/mol. The Hall–Kier alpha value is -2.82. The molecule has 0 atom stereocenters. The van der Waals surface area contributed by atoms with Gasteiger partial charge in [0, 0.05) is 12.1 Å². The van der Waals surface area contributed by atoms with Gasteiger partial charge in [0.05, 0.1) is 6.42 Å². The van der Waals surface area contributed by atoms with E-state index >= 15 is 0 Å². The zero-order chi connectivity index (χ0) is 16.8. The summed E-state index contributed by atoms with van der Waals surface area (Å²) >= 11 is 0. The van der Waals surface area contributed by atoms with Crippen molar-refractivity contribution in [1.29, 1.82) is 0 Å². The first-order chi connectivity index (χ1) is 10.9. The van der Waals surface area contributed by atoms with E-state index in [1.54, 1.807) is 24.3 Å². The van der Waals surface area contributed by atoms with E-state index in [4.69, 9.17) is 9.84 Å². The average Bonchev–Trinajstić information content (AvgIpc) is 2.46. The van der Waals surface area contributed by atoms with Gasteiger partial charge in [-0.25, -0.2) is 0 Å². The highest BCUT2D eigenvalue weighted by Crippen LogP contribution is 2.25. The van der Waals surface area contributed by atoms with Crippen LogP contribution in [0.15, 0.2) is 42.5 Å². The Morgan fingerprint density at radius 3 is 2.13 bits per heavy atom. The molecule has 0 aliphatic carbocycles. The first-order valence-corrected chi connectivity index (χ1v) is 7.30. The van der Waals surface area contributed by atoms with Crippen molar-refractivity contribution in [2.75, 3.05) is 5.32 Å².